The molecule has 5 nitrogen and oxygen atoms in total. The lowest BCUT2D eigenvalue weighted by atomic mass is 9.96. The van der Waals surface area contributed by atoms with Crippen LogP contribution in [0.5, 0.6) is 0 Å². The summed E-state index contributed by atoms with van der Waals surface area (Å²) in [6, 6.07) is 0. The van der Waals surface area contributed by atoms with Crippen LogP contribution in [0.2, 0.25) is 0 Å². The smallest absolute Gasteiger partial charge is 0.137 e. The van der Waals surface area contributed by atoms with Crippen LogP contribution in [0, 0.1) is 5.92 Å². The van der Waals surface area contributed by atoms with Crippen molar-refractivity contribution in [2.24, 2.45) is 5.92 Å². The van der Waals surface area contributed by atoms with Crippen LogP contribution >= 0.6 is 0 Å². The lowest BCUT2D eigenvalue weighted by Gasteiger charge is -2.27. The molecule has 1 aromatic heterocycles. The van der Waals surface area contributed by atoms with Crippen LogP contribution in [0.1, 0.15) is 36.8 Å². The van der Waals surface area contributed by atoms with Gasteiger partial charge in [0.25, 0.3) is 0 Å². The summed E-state index contributed by atoms with van der Waals surface area (Å²) < 4.78 is 2.25. The summed E-state index contributed by atoms with van der Waals surface area (Å²) in [4.78, 5) is 0. The Bertz CT molecular complexity index is 384. The molecule has 0 radical (unpaired) electrons. The first-order valence-electron chi connectivity index (χ1n) is 6.62. The summed E-state index contributed by atoms with van der Waals surface area (Å²) in [5.41, 5.74) is 0. The molecular weight excluding hydrogens is 216 g/mol. The molecule has 2 atom stereocenters. The van der Waals surface area contributed by atoms with Gasteiger partial charge in [-0.1, -0.05) is 0 Å². The second-order valence-corrected chi connectivity index (χ2v) is 5.22. The van der Waals surface area contributed by atoms with E-state index in [4.69, 9.17) is 0 Å². The highest BCUT2D eigenvalue weighted by Gasteiger charge is 2.27. The minimum atomic E-state index is 0.278. The molecule has 1 saturated heterocycles. The molecule has 2 N–H and O–H groups in total. The van der Waals surface area contributed by atoms with Crippen molar-refractivity contribution >= 4 is 0 Å². The molecule has 2 aliphatic rings. The highest BCUT2D eigenvalue weighted by Crippen LogP contribution is 2.26. The second-order valence-electron chi connectivity index (χ2n) is 5.22. The third-order valence-corrected chi connectivity index (χ3v) is 3.99. The molecule has 1 aromatic rings. The van der Waals surface area contributed by atoms with E-state index >= 15 is 0 Å². The van der Waals surface area contributed by atoms with Gasteiger partial charge in [0, 0.05) is 38.0 Å². The van der Waals surface area contributed by atoms with Gasteiger partial charge in [-0.15, -0.1) is 10.2 Å². The van der Waals surface area contributed by atoms with Crippen molar-refractivity contribution in [2.75, 3.05) is 19.7 Å². The Balaban J connectivity index is 1.83. The summed E-state index contributed by atoms with van der Waals surface area (Å²) in [5.74, 6) is 3.12. The number of hydrogen-bond donors (Lipinski definition) is 2. The van der Waals surface area contributed by atoms with E-state index in [-0.39, 0.29) is 6.61 Å². The first-order valence-corrected chi connectivity index (χ1v) is 6.62. The van der Waals surface area contributed by atoms with Gasteiger partial charge >= 0.3 is 0 Å². The molecule has 3 rings (SSSR count). The van der Waals surface area contributed by atoms with Crippen molar-refractivity contribution in [1.29, 1.82) is 0 Å². The maximum Gasteiger partial charge on any atom is 0.137 e. The molecule has 0 spiro atoms. The largest absolute Gasteiger partial charge is 0.396 e. The van der Waals surface area contributed by atoms with E-state index in [0.717, 1.165) is 44.1 Å². The molecule has 0 saturated carbocycles. The number of hydrogen-bond acceptors (Lipinski definition) is 4. The van der Waals surface area contributed by atoms with Crippen molar-refractivity contribution in [3.05, 3.63) is 11.6 Å². The number of fused-ring (bicyclic) bond motifs is 1. The van der Waals surface area contributed by atoms with Gasteiger partial charge in [0.2, 0.25) is 0 Å². The van der Waals surface area contributed by atoms with Crippen LogP contribution in [0.25, 0.3) is 0 Å². The zero-order chi connectivity index (χ0) is 11.7. The van der Waals surface area contributed by atoms with Gasteiger partial charge in [0.1, 0.15) is 11.6 Å². The third-order valence-electron chi connectivity index (χ3n) is 3.99. The zero-order valence-electron chi connectivity index (χ0n) is 10.1. The van der Waals surface area contributed by atoms with Crippen LogP contribution < -0.4 is 5.32 Å². The van der Waals surface area contributed by atoms with E-state index in [2.05, 4.69) is 20.1 Å². The summed E-state index contributed by atoms with van der Waals surface area (Å²) in [7, 11) is 0. The van der Waals surface area contributed by atoms with E-state index in [0.29, 0.717) is 11.8 Å². The number of rotatable bonds is 2. The van der Waals surface area contributed by atoms with Crippen LogP contribution in [-0.4, -0.2) is 39.6 Å². The quantitative estimate of drug-likeness (QED) is 0.775. The van der Waals surface area contributed by atoms with Crippen LogP contribution in [0.4, 0.5) is 0 Å². The lowest BCUT2D eigenvalue weighted by molar-refractivity contribution is 0.188. The molecular formula is C12H20N4O. The molecule has 17 heavy (non-hydrogen) atoms. The number of piperidine rings is 1. The van der Waals surface area contributed by atoms with E-state index in [1.807, 2.05) is 0 Å². The first kappa shape index (κ1) is 11.2. The van der Waals surface area contributed by atoms with Crippen LogP contribution in [0.3, 0.4) is 0 Å². The molecule has 94 valence electrons. The molecule has 0 aliphatic carbocycles. The molecule has 2 aliphatic heterocycles. The van der Waals surface area contributed by atoms with Crippen molar-refractivity contribution in [3.63, 3.8) is 0 Å². The second kappa shape index (κ2) is 4.74. The van der Waals surface area contributed by atoms with Gasteiger partial charge in [-0.2, -0.15) is 0 Å². The Morgan fingerprint density at radius 1 is 1.35 bits per heavy atom. The Morgan fingerprint density at radius 2 is 2.29 bits per heavy atom. The summed E-state index contributed by atoms with van der Waals surface area (Å²) in [6.07, 6.45) is 4.42. The molecule has 0 bridgehead atoms. The predicted molar refractivity (Wildman–Crippen MR) is 63.8 cm³/mol. The maximum absolute atomic E-state index is 9.29. The Hall–Kier alpha value is -0.940. The van der Waals surface area contributed by atoms with Crippen molar-refractivity contribution in [1.82, 2.24) is 20.1 Å². The van der Waals surface area contributed by atoms with Gasteiger partial charge in [0.05, 0.1) is 0 Å². The summed E-state index contributed by atoms with van der Waals surface area (Å²) in [6.45, 7) is 3.31. The monoisotopic (exact) mass is 236 g/mol. The normalized spacial score (nSPS) is 29.0. The fourth-order valence-corrected chi connectivity index (χ4v) is 2.94. The molecule has 0 amide bonds. The lowest BCUT2D eigenvalue weighted by Crippen LogP contribution is -2.32. The number of aromatic nitrogens is 3. The summed E-state index contributed by atoms with van der Waals surface area (Å²) >= 11 is 0. The van der Waals surface area contributed by atoms with Gasteiger partial charge in [0.15, 0.2) is 0 Å². The number of nitrogens with one attached hydrogen (secondary N) is 1. The molecule has 5 heteroatoms. The van der Waals surface area contributed by atoms with Gasteiger partial charge in [-0.3, -0.25) is 0 Å². The van der Waals surface area contributed by atoms with E-state index in [9.17, 15) is 5.11 Å². The highest BCUT2D eigenvalue weighted by atomic mass is 16.3. The van der Waals surface area contributed by atoms with Crippen LogP contribution in [0.15, 0.2) is 0 Å². The fraction of sp³-hybridized carbons (Fsp3) is 0.833. The summed E-state index contributed by atoms with van der Waals surface area (Å²) in [5, 5.41) is 21.4. The van der Waals surface area contributed by atoms with Gasteiger partial charge < -0.3 is 15.0 Å². The minimum Gasteiger partial charge on any atom is -0.396 e. The van der Waals surface area contributed by atoms with Crippen molar-refractivity contribution in [2.45, 2.75) is 38.1 Å². The zero-order valence-corrected chi connectivity index (χ0v) is 10.1. The number of aliphatic hydroxyl groups excluding tert-OH is 1. The Labute approximate surface area is 101 Å². The Kier molecular flexibility index (Phi) is 3.11. The van der Waals surface area contributed by atoms with Crippen LogP contribution in [-0.2, 0) is 13.0 Å². The SMILES string of the molecule is OCC1CCc2nnc(C3CCCNC3)n2C1. The molecule has 2 unspecified atom stereocenters. The topological polar surface area (TPSA) is 63.0 Å². The van der Waals surface area contributed by atoms with E-state index in [1.54, 1.807) is 0 Å². The molecule has 0 aromatic carbocycles. The third kappa shape index (κ3) is 2.09. The van der Waals surface area contributed by atoms with Gasteiger partial charge in [-0.05, 0) is 25.8 Å². The Morgan fingerprint density at radius 3 is 3.06 bits per heavy atom. The number of aliphatic hydroxyl groups is 1. The van der Waals surface area contributed by atoms with E-state index in [1.165, 1.54) is 12.8 Å². The maximum atomic E-state index is 9.29. The van der Waals surface area contributed by atoms with Gasteiger partial charge in [-0.25, -0.2) is 0 Å². The fourth-order valence-electron chi connectivity index (χ4n) is 2.94. The first-order chi connectivity index (χ1) is 8.38. The minimum absolute atomic E-state index is 0.278. The average molecular weight is 236 g/mol. The van der Waals surface area contributed by atoms with E-state index < -0.39 is 0 Å². The average Bonchev–Trinajstić information content (AvgIpc) is 2.82. The molecule has 1 fully saturated rings. The molecule has 3 heterocycles. The standard InChI is InChI=1S/C12H20N4O/c17-8-9-3-4-11-14-15-12(16(11)7-9)10-2-1-5-13-6-10/h9-10,13,17H,1-8H2. The number of nitrogens with zero attached hydrogens (tertiary/aromatic N) is 3. The highest BCUT2D eigenvalue weighted by molar-refractivity contribution is 5.06. The van der Waals surface area contributed by atoms with Crippen molar-refractivity contribution < 1.29 is 5.11 Å². The predicted octanol–water partition coefficient (Wildman–Crippen LogP) is 0.300. The van der Waals surface area contributed by atoms with Crippen molar-refractivity contribution in [3.8, 4) is 0 Å². The number of aryl methyl sites for hydroxylation is 1.